The first-order valence-electron chi connectivity index (χ1n) is 10.5. The van der Waals surface area contributed by atoms with Crippen molar-refractivity contribution in [1.29, 1.82) is 0 Å². The zero-order valence-corrected chi connectivity index (χ0v) is 18.2. The number of hydrogen-bond acceptors (Lipinski definition) is 4. The van der Waals surface area contributed by atoms with E-state index in [2.05, 4.69) is 33.8 Å². The molecule has 0 bridgehead atoms. The molecule has 3 rings (SSSR count). The molecule has 0 amide bonds. The predicted octanol–water partition coefficient (Wildman–Crippen LogP) is 3.16. The van der Waals surface area contributed by atoms with Crippen LogP contribution in [0.4, 0.5) is 0 Å². The lowest BCUT2D eigenvalue weighted by Crippen LogP contribution is -2.48. The van der Waals surface area contributed by atoms with Crippen molar-refractivity contribution in [2.45, 2.75) is 24.7 Å². The third-order valence-corrected chi connectivity index (χ3v) is 5.85. The van der Waals surface area contributed by atoms with Crippen LogP contribution in [0.3, 0.4) is 0 Å². The van der Waals surface area contributed by atoms with Gasteiger partial charge in [-0.1, -0.05) is 30.3 Å². The molecule has 1 saturated heterocycles. The number of nitrogens with one attached hydrogen (secondary N) is 2. The van der Waals surface area contributed by atoms with Crippen LogP contribution in [0.2, 0.25) is 0 Å². The van der Waals surface area contributed by atoms with Crippen molar-refractivity contribution in [3.8, 4) is 11.5 Å². The van der Waals surface area contributed by atoms with Crippen molar-refractivity contribution in [2.24, 2.45) is 4.99 Å². The van der Waals surface area contributed by atoms with Crippen LogP contribution in [0.15, 0.2) is 53.5 Å². The molecule has 162 valence electrons. The van der Waals surface area contributed by atoms with Gasteiger partial charge in [-0.3, -0.25) is 4.99 Å². The van der Waals surface area contributed by atoms with Crippen LogP contribution < -0.4 is 20.1 Å². The van der Waals surface area contributed by atoms with Crippen LogP contribution in [0, 0.1) is 0 Å². The van der Waals surface area contributed by atoms with Gasteiger partial charge in [0.05, 0.1) is 14.2 Å². The van der Waals surface area contributed by atoms with Gasteiger partial charge in [0.15, 0.2) is 5.96 Å². The normalized spacial score (nSPS) is 16.0. The third-order valence-electron chi connectivity index (χ3n) is 5.85. The summed E-state index contributed by atoms with van der Waals surface area (Å²) in [5.74, 6) is 2.61. The summed E-state index contributed by atoms with van der Waals surface area (Å²) < 4.78 is 16.4. The summed E-state index contributed by atoms with van der Waals surface area (Å²) in [7, 11) is 5.21. The van der Waals surface area contributed by atoms with E-state index < -0.39 is 0 Å². The molecular formula is C24H33N3O3. The highest BCUT2D eigenvalue weighted by atomic mass is 16.5. The first kappa shape index (κ1) is 22.0. The summed E-state index contributed by atoms with van der Waals surface area (Å²) in [4.78, 5) is 4.41. The molecule has 1 fully saturated rings. The zero-order valence-electron chi connectivity index (χ0n) is 18.2. The van der Waals surface area contributed by atoms with E-state index >= 15 is 0 Å². The van der Waals surface area contributed by atoms with E-state index in [1.165, 1.54) is 11.1 Å². The molecule has 0 unspecified atom stereocenters. The third kappa shape index (κ3) is 5.45. The molecular weight excluding hydrogens is 378 g/mol. The second kappa shape index (κ2) is 10.9. The van der Waals surface area contributed by atoms with E-state index in [0.29, 0.717) is 0 Å². The van der Waals surface area contributed by atoms with Crippen LogP contribution in [0.1, 0.15) is 24.0 Å². The quantitative estimate of drug-likeness (QED) is 0.516. The van der Waals surface area contributed by atoms with E-state index in [1.54, 1.807) is 14.2 Å². The van der Waals surface area contributed by atoms with Crippen molar-refractivity contribution in [1.82, 2.24) is 10.6 Å². The van der Waals surface area contributed by atoms with Crippen molar-refractivity contribution < 1.29 is 14.2 Å². The second-order valence-corrected chi connectivity index (χ2v) is 7.54. The average molecular weight is 412 g/mol. The summed E-state index contributed by atoms with van der Waals surface area (Å²) in [6, 6.07) is 16.5. The summed E-state index contributed by atoms with van der Waals surface area (Å²) in [5, 5.41) is 6.97. The van der Waals surface area contributed by atoms with Gasteiger partial charge in [0, 0.05) is 38.8 Å². The number of methoxy groups -OCH3 is 2. The van der Waals surface area contributed by atoms with Crippen LogP contribution >= 0.6 is 0 Å². The molecule has 0 aromatic heterocycles. The Kier molecular flexibility index (Phi) is 7.97. The number of benzene rings is 2. The molecule has 6 heteroatoms. The minimum Gasteiger partial charge on any atom is -0.497 e. The minimum atomic E-state index is 0.0186. The molecule has 0 spiro atoms. The fourth-order valence-corrected chi connectivity index (χ4v) is 3.97. The summed E-state index contributed by atoms with van der Waals surface area (Å²) in [6.07, 6.45) is 2.82. The summed E-state index contributed by atoms with van der Waals surface area (Å²) in [6.45, 7) is 3.12. The van der Waals surface area contributed by atoms with Gasteiger partial charge in [0.2, 0.25) is 0 Å². The fraction of sp³-hybridized carbons (Fsp3) is 0.458. The lowest BCUT2D eigenvalue weighted by Gasteiger charge is -2.38. The Morgan fingerprint density at radius 1 is 1.00 bits per heavy atom. The lowest BCUT2D eigenvalue weighted by molar-refractivity contribution is 0.0513. The number of para-hydroxylation sites is 1. The number of nitrogens with zero attached hydrogens (tertiary/aromatic N) is 1. The molecule has 2 aromatic carbocycles. The first-order chi connectivity index (χ1) is 14.7. The fourth-order valence-electron chi connectivity index (χ4n) is 3.97. The molecule has 30 heavy (non-hydrogen) atoms. The highest BCUT2D eigenvalue weighted by molar-refractivity contribution is 5.79. The molecule has 2 aromatic rings. The van der Waals surface area contributed by atoms with E-state index in [0.717, 1.165) is 63.0 Å². The molecule has 6 nitrogen and oxygen atoms in total. The molecule has 0 radical (unpaired) electrons. The van der Waals surface area contributed by atoms with E-state index in [-0.39, 0.29) is 5.41 Å². The Labute approximate surface area is 179 Å². The number of ether oxygens (including phenoxy) is 3. The highest BCUT2D eigenvalue weighted by Gasteiger charge is 2.34. The molecule has 0 saturated carbocycles. The number of rotatable bonds is 8. The Hall–Kier alpha value is -2.73. The average Bonchev–Trinajstić information content (AvgIpc) is 2.82. The smallest absolute Gasteiger partial charge is 0.191 e. The van der Waals surface area contributed by atoms with Crippen molar-refractivity contribution >= 4 is 5.96 Å². The van der Waals surface area contributed by atoms with Crippen molar-refractivity contribution in [3.63, 3.8) is 0 Å². The standard InChI is InChI=1S/C24H33N3O3/c1-25-23(26-15-12-19-6-4-5-7-22(19)29-3)27-18-24(13-16-30-17-14-24)20-8-10-21(28-2)11-9-20/h4-11H,12-18H2,1-3H3,(H2,25,26,27). The topological polar surface area (TPSA) is 64.1 Å². The van der Waals surface area contributed by atoms with Gasteiger partial charge in [-0.15, -0.1) is 0 Å². The van der Waals surface area contributed by atoms with Crippen molar-refractivity contribution in [2.75, 3.05) is 47.6 Å². The number of hydrogen-bond donors (Lipinski definition) is 2. The Bertz CT molecular complexity index is 815. The maximum Gasteiger partial charge on any atom is 0.191 e. The number of guanidine groups is 1. The monoisotopic (exact) mass is 411 g/mol. The predicted molar refractivity (Wildman–Crippen MR) is 121 cm³/mol. The van der Waals surface area contributed by atoms with Gasteiger partial charge in [0.25, 0.3) is 0 Å². The molecule has 1 aliphatic rings. The van der Waals surface area contributed by atoms with Gasteiger partial charge in [-0.05, 0) is 48.6 Å². The largest absolute Gasteiger partial charge is 0.497 e. The van der Waals surface area contributed by atoms with E-state index in [9.17, 15) is 0 Å². The minimum absolute atomic E-state index is 0.0186. The van der Waals surface area contributed by atoms with E-state index in [1.807, 2.05) is 37.4 Å². The Morgan fingerprint density at radius 3 is 2.40 bits per heavy atom. The van der Waals surface area contributed by atoms with Gasteiger partial charge in [-0.2, -0.15) is 0 Å². The van der Waals surface area contributed by atoms with Crippen LogP contribution in [-0.4, -0.2) is 53.5 Å². The Morgan fingerprint density at radius 2 is 1.73 bits per heavy atom. The van der Waals surface area contributed by atoms with E-state index in [4.69, 9.17) is 14.2 Å². The molecule has 1 heterocycles. The lowest BCUT2D eigenvalue weighted by atomic mass is 9.74. The SMILES string of the molecule is CN=C(NCCc1ccccc1OC)NCC1(c2ccc(OC)cc2)CCOCC1. The second-order valence-electron chi connectivity index (χ2n) is 7.54. The maximum absolute atomic E-state index is 5.65. The van der Waals surface area contributed by atoms with Gasteiger partial charge in [-0.25, -0.2) is 0 Å². The molecule has 0 atom stereocenters. The molecule has 1 aliphatic heterocycles. The number of aliphatic imine (C=N–C) groups is 1. The molecule has 2 N–H and O–H groups in total. The van der Waals surface area contributed by atoms with Crippen LogP contribution in [-0.2, 0) is 16.6 Å². The zero-order chi connectivity index (χ0) is 21.2. The molecule has 0 aliphatic carbocycles. The summed E-state index contributed by atoms with van der Waals surface area (Å²) in [5.41, 5.74) is 2.51. The van der Waals surface area contributed by atoms with Crippen LogP contribution in [0.25, 0.3) is 0 Å². The maximum atomic E-state index is 5.65. The first-order valence-corrected chi connectivity index (χ1v) is 10.5. The van der Waals surface area contributed by atoms with Gasteiger partial charge in [0.1, 0.15) is 11.5 Å². The summed E-state index contributed by atoms with van der Waals surface area (Å²) >= 11 is 0. The van der Waals surface area contributed by atoms with Gasteiger partial charge < -0.3 is 24.8 Å². The Balaban J connectivity index is 1.60. The van der Waals surface area contributed by atoms with Crippen LogP contribution in [0.5, 0.6) is 11.5 Å². The highest BCUT2D eigenvalue weighted by Crippen LogP contribution is 2.35. The van der Waals surface area contributed by atoms with Crippen molar-refractivity contribution in [3.05, 3.63) is 59.7 Å². The van der Waals surface area contributed by atoms with Gasteiger partial charge >= 0.3 is 0 Å².